The molecule has 0 bridgehead atoms. The summed E-state index contributed by atoms with van der Waals surface area (Å²) in [5.74, 6) is 0.625. The lowest BCUT2D eigenvalue weighted by Crippen LogP contribution is -2.54. The first-order chi connectivity index (χ1) is 17.0. The zero-order valence-corrected chi connectivity index (χ0v) is 22.7. The Bertz CT molecular complexity index is 769. The topological polar surface area (TPSA) is 146 Å². The number of oxime groups is 1. The zero-order chi connectivity index (χ0) is 26.9. The fourth-order valence-electron chi connectivity index (χ4n) is 5.24. The first kappa shape index (κ1) is 29.7. The number of alkyl carbamates (subject to hydrolysis) is 1. The number of carbonyl (C=O) groups is 3. The molecule has 36 heavy (non-hydrogen) atoms. The minimum Gasteiger partial charge on any atom is -0.444 e. The molecule has 0 aromatic rings. The summed E-state index contributed by atoms with van der Waals surface area (Å²) >= 11 is 0. The molecule has 0 aromatic carbocycles. The molecular formula is C26H47N5O5. The predicted molar refractivity (Wildman–Crippen MR) is 138 cm³/mol. The lowest BCUT2D eigenvalue weighted by molar-refractivity contribution is -0.140. The number of rotatable bonds is 10. The van der Waals surface area contributed by atoms with Crippen molar-refractivity contribution < 1.29 is 24.3 Å². The van der Waals surface area contributed by atoms with Crippen LogP contribution in [-0.4, -0.2) is 64.6 Å². The molecule has 0 unspecified atom stereocenters. The Morgan fingerprint density at radius 3 is 2.31 bits per heavy atom. The maximum absolute atomic E-state index is 13.6. The van der Waals surface area contributed by atoms with E-state index in [4.69, 9.17) is 15.7 Å². The number of nitrogens with zero attached hydrogens (tertiary/aromatic N) is 2. The quantitative estimate of drug-likeness (QED) is 0.154. The zero-order valence-electron chi connectivity index (χ0n) is 22.7. The molecule has 2 aliphatic rings. The van der Waals surface area contributed by atoms with Crippen molar-refractivity contribution in [3.8, 4) is 0 Å². The van der Waals surface area contributed by atoms with Crippen molar-refractivity contribution in [3.05, 3.63) is 0 Å². The van der Waals surface area contributed by atoms with Crippen LogP contribution in [0, 0.1) is 17.8 Å². The van der Waals surface area contributed by atoms with Crippen molar-refractivity contribution in [2.24, 2.45) is 28.6 Å². The monoisotopic (exact) mass is 509 g/mol. The van der Waals surface area contributed by atoms with Gasteiger partial charge in [-0.05, 0) is 77.6 Å². The largest absolute Gasteiger partial charge is 0.444 e. The van der Waals surface area contributed by atoms with E-state index in [0.717, 1.165) is 44.9 Å². The second-order valence-electron chi connectivity index (χ2n) is 11.3. The number of carbonyl (C=O) groups excluding carboxylic acids is 3. The highest BCUT2D eigenvalue weighted by molar-refractivity contribution is 5.92. The van der Waals surface area contributed by atoms with Crippen LogP contribution >= 0.6 is 0 Å². The number of amides is 3. The Labute approximate surface area is 215 Å². The molecule has 1 saturated carbocycles. The van der Waals surface area contributed by atoms with Crippen molar-refractivity contribution in [3.63, 3.8) is 0 Å². The third-order valence-electron chi connectivity index (χ3n) is 7.50. The maximum atomic E-state index is 13.6. The molecule has 0 radical (unpaired) electrons. The number of amidine groups is 1. The molecule has 0 aromatic heterocycles. The molecule has 3 amide bonds. The highest BCUT2D eigenvalue weighted by Crippen LogP contribution is 2.29. The fraction of sp³-hybridized carbons (Fsp3) is 0.846. The van der Waals surface area contributed by atoms with Crippen LogP contribution in [0.4, 0.5) is 4.79 Å². The van der Waals surface area contributed by atoms with E-state index in [-0.39, 0.29) is 29.5 Å². The van der Waals surface area contributed by atoms with Crippen LogP contribution in [0.15, 0.2) is 5.16 Å². The summed E-state index contributed by atoms with van der Waals surface area (Å²) in [5.41, 5.74) is 5.06. The molecule has 1 heterocycles. The Hall–Kier alpha value is -2.52. The van der Waals surface area contributed by atoms with Gasteiger partial charge in [-0.1, -0.05) is 31.8 Å². The summed E-state index contributed by atoms with van der Waals surface area (Å²) < 4.78 is 5.41. The van der Waals surface area contributed by atoms with Crippen LogP contribution < -0.4 is 16.4 Å². The molecule has 2 rings (SSSR count). The predicted octanol–water partition coefficient (Wildman–Crippen LogP) is 3.37. The van der Waals surface area contributed by atoms with Crippen LogP contribution in [0.25, 0.3) is 0 Å². The van der Waals surface area contributed by atoms with Crippen LogP contribution in [0.2, 0.25) is 0 Å². The molecule has 10 heteroatoms. The number of hydrogen-bond donors (Lipinski definition) is 4. The lowest BCUT2D eigenvalue weighted by Gasteiger charge is -2.32. The van der Waals surface area contributed by atoms with Gasteiger partial charge < -0.3 is 31.2 Å². The fourth-order valence-corrected chi connectivity index (χ4v) is 5.24. The summed E-state index contributed by atoms with van der Waals surface area (Å²) in [6.45, 7) is 10.6. The number of nitrogens with one attached hydrogen (secondary N) is 2. The first-order valence-electron chi connectivity index (χ1n) is 13.5. The van der Waals surface area contributed by atoms with Gasteiger partial charge in [-0.25, -0.2) is 4.79 Å². The van der Waals surface area contributed by atoms with E-state index < -0.39 is 23.8 Å². The van der Waals surface area contributed by atoms with Crippen molar-refractivity contribution in [1.82, 2.24) is 15.5 Å². The average Bonchev–Trinajstić information content (AvgIpc) is 3.33. The Morgan fingerprint density at radius 2 is 1.75 bits per heavy atom. The average molecular weight is 510 g/mol. The van der Waals surface area contributed by atoms with E-state index in [2.05, 4.69) is 29.6 Å². The Kier molecular flexibility index (Phi) is 11.3. The van der Waals surface area contributed by atoms with Gasteiger partial charge in [0.15, 0.2) is 0 Å². The van der Waals surface area contributed by atoms with Gasteiger partial charge >= 0.3 is 6.09 Å². The van der Waals surface area contributed by atoms with Crippen LogP contribution in [-0.2, 0) is 14.3 Å². The van der Waals surface area contributed by atoms with Gasteiger partial charge in [0.25, 0.3) is 0 Å². The minimum atomic E-state index is -0.730. The van der Waals surface area contributed by atoms with Crippen LogP contribution in [0.1, 0.15) is 92.4 Å². The van der Waals surface area contributed by atoms with Crippen LogP contribution in [0.3, 0.4) is 0 Å². The van der Waals surface area contributed by atoms with Crippen LogP contribution in [0.5, 0.6) is 0 Å². The lowest BCUT2D eigenvalue weighted by atomic mass is 9.81. The minimum absolute atomic E-state index is 0.0920. The highest BCUT2D eigenvalue weighted by Gasteiger charge is 2.39. The number of ether oxygens (including phenoxy) is 1. The molecule has 1 aliphatic heterocycles. The molecule has 0 spiro atoms. The highest BCUT2D eigenvalue weighted by atomic mass is 16.6. The van der Waals surface area contributed by atoms with Gasteiger partial charge in [0.2, 0.25) is 11.8 Å². The number of likely N-dealkylation sites (tertiary alicyclic amines) is 1. The first-order valence-corrected chi connectivity index (χ1v) is 13.5. The Balaban J connectivity index is 1.99. The molecule has 206 valence electrons. The summed E-state index contributed by atoms with van der Waals surface area (Å²) in [5, 5.41) is 17.8. The second-order valence-corrected chi connectivity index (χ2v) is 11.3. The van der Waals surface area contributed by atoms with Gasteiger partial charge in [-0.2, -0.15) is 0 Å². The molecular weight excluding hydrogens is 462 g/mol. The van der Waals surface area contributed by atoms with E-state index in [1.807, 2.05) is 0 Å². The summed E-state index contributed by atoms with van der Waals surface area (Å²) in [6, 6.07) is -1.26. The van der Waals surface area contributed by atoms with E-state index in [0.29, 0.717) is 31.8 Å². The Morgan fingerprint density at radius 1 is 1.11 bits per heavy atom. The smallest absolute Gasteiger partial charge is 0.408 e. The van der Waals surface area contributed by atoms with Gasteiger partial charge in [-0.3, -0.25) is 9.59 Å². The summed E-state index contributed by atoms with van der Waals surface area (Å²) in [7, 11) is 0. The van der Waals surface area contributed by atoms with Crippen molar-refractivity contribution in [1.29, 1.82) is 0 Å². The molecule has 2 atom stereocenters. The molecule has 2 fully saturated rings. The van der Waals surface area contributed by atoms with E-state index in [9.17, 15) is 14.4 Å². The standard InChI is InChI=1S/C26H47N5O5/c1-6-17(7-2)15-20(29-25(34)36-26(3,4)5)24(33)31-14-8-9-21(31)23(32)28-16-18-10-12-19(13-11-18)22(27)30-35/h17-21,35H,6-16H2,1-5H3,(H2,27,30)(H,28,32)(H,29,34)/t18?,19?,20-,21+/m1/s1. The van der Waals surface area contributed by atoms with Crippen molar-refractivity contribution >= 4 is 23.7 Å². The normalized spacial score (nSPS) is 23.9. The van der Waals surface area contributed by atoms with Crippen molar-refractivity contribution in [2.75, 3.05) is 13.1 Å². The third kappa shape index (κ3) is 8.85. The molecule has 10 nitrogen and oxygen atoms in total. The summed E-state index contributed by atoms with van der Waals surface area (Å²) in [4.78, 5) is 40.8. The number of hydrogen-bond acceptors (Lipinski definition) is 6. The number of nitrogens with two attached hydrogens (primary N) is 1. The van der Waals surface area contributed by atoms with E-state index in [1.54, 1.807) is 25.7 Å². The van der Waals surface area contributed by atoms with Gasteiger partial charge in [-0.15, -0.1) is 0 Å². The third-order valence-corrected chi connectivity index (χ3v) is 7.50. The molecule has 1 aliphatic carbocycles. The van der Waals surface area contributed by atoms with Gasteiger partial charge in [0.05, 0.1) is 0 Å². The van der Waals surface area contributed by atoms with E-state index in [1.165, 1.54) is 0 Å². The van der Waals surface area contributed by atoms with E-state index >= 15 is 0 Å². The molecule has 1 saturated heterocycles. The van der Waals surface area contributed by atoms with Crippen molar-refractivity contribution in [2.45, 2.75) is 110 Å². The van der Waals surface area contributed by atoms with Gasteiger partial charge in [0.1, 0.15) is 23.5 Å². The maximum Gasteiger partial charge on any atom is 0.408 e. The summed E-state index contributed by atoms with van der Waals surface area (Å²) in [6.07, 6.45) is 6.51. The SMILES string of the molecule is CCC(CC)C[C@@H](NC(=O)OC(C)(C)C)C(=O)N1CCC[C@H]1C(=O)NCC1CCC(C(N)=NO)CC1. The molecule has 5 N–H and O–H groups in total. The second kappa shape index (κ2) is 13.7. The van der Waals surface area contributed by atoms with Gasteiger partial charge in [0, 0.05) is 19.0 Å².